The minimum absolute atomic E-state index is 0.177. The fourth-order valence-electron chi connectivity index (χ4n) is 4.28. The third kappa shape index (κ3) is 3.33. The molecule has 5 nitrogen and oxygen atoms in total. The molecule has 0 aliphatic carbocycles. The minimum atomic E-state index is 0.177. The lowest BCUT2D eigenvalue weighted by atomic mass is 10.0. The SMILES string of the molecule is CN1CCC[C@@H]1[C@H]1CCCN1C(=O)Cc1coc(-c2ccccc2)n1. The van der Waals surface area contributed by atoms with Crippen LogP contribution in [0, 0.1) is 0 Å². The van der Waals surface area contributed by atoms with Gasteiger partial charge >= 0.3 is 0 Å². The van der Waals surface area contributed by atoms with Crippen molar-refractivity contribution in [1.29, 1.82) is 0 Å². The maximum Gasteiger partial charge on any atom is 0.229 e. The Labute approximate surface area is 148 Å². The van der Waals surface area contributed by atoms with E-state index in [1.54, 1.807) is 6.26 Å². The van der Waals surface area contributed by atoms with E-state index in [1.807, 2.05) is 30.3 Å². The monoisotopic (exact) mass is 339 g/mol. The van der Waals surface area contributed by atoms with E-state index in [2.05, 4.69) is 21.8 Å². The van der Waals surface area contributed by atoms with E-state index in [0.717, 1.165) is 31.5 Å². The third-order valence-corrected chi connectivity index (χ3v) is 5.55. The highest BCUT2D eigenvalue weighted by atomic mass is 16.3. The average molecular weight is 339 g/mol. The number of aromatic nitrogens is 1. The molecule has 1 aromatic heterocycles. The van der Waals surface area contributed by atoms with Crippen LogP contribution in [-0.4, -0.2) is 52.9 Å². The molecule has 2 aliphatic rings. The molecule has 2 saturated heterocycles. The molecule has 2 aliphatic heterocycles. The van der Waals surface area contributed by atoms with Gasteiger partial charge in [-0.1, -0.05) is 18.2 Å². The number of carbonyl (C=O) groups is 1. The van der Waals surface area contributed by atoms with Gasteiger partial charge in [-0.25, -0.2) is 4.98 Å². The van der Waals surface area contributed by atoms with Gasteiger partial charge < -0.3 is 14.2 Å². The Hall–Kier alpha value is -2.14. The summed E-state index contributed by atoms with van der Waals surface area (Å²) in [5.74, 6) is 0.757. The summed E-state index contributed by atoms with van der Waals surface area (Å²) < 4.78 is 5.57. The highest BCUT2D eigenvalue weighted by Crippen LogP contribution is 2.29. The molecule has 3 heterocycles. The molecule has 0 unspecified atom stereocenters. The first-order chi connectivity index (χ1) is 12.2. The molecular weight excluding hydrogens is 314 g/mol. The lowest BCUT2D eigenvalue weighted by Crippen LogP contribution is -2.47. The number of benzene rings is 1. The Bertz CT molecular complexity index is 728. The number of likely N-dealkylation sites (N-methyl/N-ethyl adjacent to an activating group) is 1. The van der Waals surface area contributed by atoms with Crippen LogP contribution in [0.2, 0.25) is 0 Å². The molecule has 2 fully saturated rings. The Morgan fingerprint density at radius 2 is 1.92 bits per heavy atom. The van der Waals surface area contributed by atoms with Gasteiger partial charge in [-0.05, 0) is 51.4 Å². The normalized spacial score (nSPS) is 24.1. The Kier molecular flexibility index (Phi) is 4.57. The summed E-state index contributed by atoms with van der Waals surface area (Å²) in [6.07, 6.45) is 6.61. The molecule has 0 radical (unpaired) electrons. The number of oxazole rings is 1. The van der Waals surface area contributed by atoms with Crippen molar-refractivity contribution in [3.05, 3.63) is 42.3 Å². The molecule has 0 N–H and O–H groups in total. The van der Waals surface area contributed by atoms with Crippen LogP contribution in [0.15, 0.2) is 41.0 Å². The zero-order valence-corrected chi connectivity index (χ0v) is 14.7. The van der Waals surface area contributed by atoms with Crippen LogP contribution >= 0.6 is 0 Å². The number of hydrogen-bond acceptors (Lipinski definition) is 4. The predicted octanol–water partition coefficient (Wildman–Crippen LogP) is 2.97. The number of carbonyl (C=O) groups excluding carboxylic acids is 1. The van der Waals surface area contributed by atoms with Gasteiger partial charge in [0.2, 0.25) is 11.8 Å². The molecule has 2 atom stereocenters. The molecule has 25 heavy (non-hydrogen) atoms. The Morgan fingerprint density at radius 3 is 2.68 bits per heavy atom. The van der Waals surface area contributed by atoms with Crippen molar-refractivity contribution in [2.24, 2.45) is 0 Å². The smallest absolute Gasteiger partial charge is 0.229 e. The minimum Gasteiger partial charge on any atom is -0.444 e. The molecule has 0 saturated carbocycles. The van der Waals surface area contributed by atoms with Gasteiger partial charge in [0.05, 0.1) is 12.1 Å². The van der Waals surface area contributed by atoms with Crippen molar-refractivity contribution in [2.45, 2.75) is 44.2 Å². The number of hydrogen-bond donors (Lipinski definition) is 0. The summed E-state index contributed by atoms with van der Waals surface area (Å²) in [6.45, 7) is 2.02. The summed E-state index contributed by atoms with van der Waals surface area (Å²) >= 11 is 0. The van der Waals surface area contributed by atoms with Gasteiger partial charge in [0.1, 0.15) is 6.26 Å². The Morgan fingerprint density at radius 1 is 1.16 bits per heavy atom. The maximum absolute atomic E-state index is 12.9. The highest BCUT2D eigenvalue weighted by Gasteiger charge is 2.38. The van der Waals surface area contributed by atoms with E-state index >= 15 is 0 Å². The molecule has 4 rings (SSSR count). The van der Waals surface area contributed by atoms with Crippen LogP contribution in [0.25, 0.3) is 11.5 Å². The van der Waals surface area contributed by atoms with E-state index in [-0.39, 0.29) is 5.91 Å². The fraction of sp³-hybridized carbons (Fsp3) is 0.500. The molecule has 5 heteroatoms. The highest BCUT2D eigenvalue weighted by molar-refractivity contribution is 5.79. The zero-order chi connectivity index (χ0) is 17.2. The summed E-state index contributed by atoms with van der Waals surface area (Å²) in [6, 6.07) is 10.7. The number of amides is 1. The second-order valence-corrected chi connectivity index (χ2v) is 7.17. The van der Waals surface area contributed by atoms with Crippen LogP contribution in [-0.2, 0) is 11.2 Å². The maximum atomic E-state index is 12.9. The van der Waals surface area contributed by atoms with Gasteiger partial charge in [-0.2, -0.15) is 0 Å². The topological polar surface area (TPSA) is 49.6 Å². The average Bonchev–Trinajstić information content (AvgIpc) is 3.35. The number of nitrogens with zero attached hydrogens (tertiary/aromatic N) is 3. The fourth-order valence-corrected chi connectivity index (χ4v) is 4.28. The first kappa shape index (κ1) is 16.3. The number of rotatable bonds is 4. The molecule has 1 amide bonds. The lowest BCUT2D eigenvalue weighted by molar-refractivity contribution is -0.132. The van der Waals surface area contributed by atoms with Gasteiger partial charge in [0.15, 0.2) is 0 Å². The van der Waals surface area contributed by atoms with E-state index in [4.69, 9.17) is 4.42 Å². The third-order valence-electron chi connectivity index (χ3n) is 5.55. The molecule has 2 aromatic rings. The number of likely N-dealkylation sites (tertiary alicyclic amines) is 2. The van der Waals surface area contributed by atoms with Crippen LogP contribution in [0.3, 0.4) is 0 Å². The second-order valence-electron chi connectivity index (χ2n) is 7.17. The second kappa shape index (κ2) is 7.00. The Balaban J connectivity index is 1.44. The van der Waals surface area contributed by atoms with Crippen LogP contribution < -0.4 is 0 Å². The first-order valence-electron chi connectivity index (χ1n) is 9.22. The quantitative estimate of drug-likeness (QED) is 0.859. The summed E-state index contributed by atoms with van der Waals surface area (Å²) in [4.78, 5) is 21.9. The van der Waals surface area contributed by atoms with Crippen molar-refractivity contribution in [3.8, 4) is 11.5 Å². The van der Waals surface area contributed by atoms with Crippen LogP contribution in [0.4, 0.5) is 0 Å². The molecular formula is C20H25N3O2. The van der Waals surface area contributed by atoms with E-state index in [9.17, 15) is 4.79 Å². The van der Waals surface area contributed by atoms with Gasteiger partial charge in [0, 0.05) is 24.2 Å². The summed E-state index contributed by atoms with van der Waals surface area (Å²) in [7, 11) is 2.18. The van der Waals surface area contributed by atoms with Crippen molar-refractivity contribution < 1.29 is 9.21 Å². The molecule has 1 aromatic carbocycles. The molecule has 0 bridgehead atoms. The lowest BCUT2D eigenvalue weighted by Gasteiger charge is -2.33. The van der Waals surface area contributed by atoms with Crippen molar-refractivity contribution in [1.82, 2.24) is 14.8 Å². The van der Waals surface area contributed by atoms with Gasteiger partial charge in [-0.15, -0.1) is 0 Å². The van der Waals surface area contributed by atoms with Crippen molar-refractivity contribution >= 4 is 5.91 Å². The van der Waals surface area contributed by atoms with E-state index in [1.165, 1.54) is 12.8 Å². The van der Waals surface area contributed by atoms with Gasteiger partial charge in [0.25, 0.3) is 0 Å². The van der Waals surface area contributed by atoms with Gasteiger partial charge in [-0.3, -0.25) is 4.79 Å². The molecule has 132 valence electrons. The van der Waals surface area contributed by atoms with E-state index in [0.29, 0.717) is 30.1 Å². The largest absolute Gasteiger partial charge is 0.444 e. The van der Waals surface area contributed by atoms with Crippen molar-refractivity contribution in [3.63, 3.8) is 0 Å². The standard InChI is InChI=1S/C20H25N3O2/c1-22-11-5-9-17(22)18-10-6-12-23(18)19(24)13-16-14-25-20(21-16)15-7-3-2-4-8-15/h2-4,7-8,14,17-18H,5-6,9-13H2,1H3/t17-,18-/m1/s1. The van der Waals surface area contributed by atoms with Crippen molar-refractivity contribution in [2.75, 3.05) is 20.1 Å². The predicted molar refractivity (Wildman–Crippen MR) is 96.0 cm³/mol. The van der Waals surface area contributed by atoms with Crippen LogP contribution in [0.5, 0.6) is 0 Å². The van der Waals surface area contributed by atoms with Crippen LogP contribution in [0.1, 0.15) is 31.4 Å². The summed E-state index contributed by atoms with van der Waals surface area (Å²) in [5.41, 5.74) is 1.65. The first-order valence-corrected chi connectivity index (χ1v) is 9.22. The summed E-state index contributed by atoms with van der Waals surface area (Å²) in [5, 5.41) is 0. The van der Waals surface area contributed by atoms with E-state index < -0.39 is 0 Å². The molecule has 0 spiro atoms. The zero-order valence-electron chi connectivity index (χ0n) is 14.7.